The maximum Gasteiger partial charge on any atom is 0.193 e. The summed E-state index contributed by atoms with van der Waals surface area (Å²) < 4.78 is 0. The Labute approximate surface area is 159 Å². The number of ketones is 1. The number of hydrogen-bond donors (Lipinski definition) is 0. The van der Waals surface area contributed by atoms with E-state index < -0.39 is 0 Å². The zero-order chi connectivity index (χ0) is 18.6. The van der Waals surface area contributed by atoms with E-state index in [0.29, 0.717) is 0 Å². The van der Waals surface area contributed by atoms with Gasteiger partial charge in [-0.3, -0.25) is 4.79 Å². The first kappa shape index (κ1) is 16.0. The van der Waals surface area contributed by atoms with Gasteiger partial charge in [0.2, 0.25) is 0 Å². The van der Waals surface area contributed by atoms with E-state index in [2.05, 4.69) is 80.6 Å². The molecule has 27 heavy (non-hydrogen) atoms. The molecule has 0 aliphatic heterocycles. The molecular weight excluding hydrogens is 328 g/mol. The molecule has 0 atom stereocenters. The fourth-order valence-electron chi connectivity index (χ4n) is 4.34. The highest BCUT2D eigenvalue weighted by Gasteiger charge is 2.36. The molecule has 0 aromatic heterocycles. The summed E-state index contributed by atoms with van der Waals surface area (Å²) in [6.07, 6.45) is 0. The van der Waals surface area contributed by atoms with E-state index in [1.54, 1.807) is 0 Å². The Morgan fingerprint density at radius 1 is 0.593 bits per heavy atom. The highest BCUT2D eigenvalue weighted by Crippen LogP contribution is 2.42. The van der Waals surface area contributed by atoms with Gasteiger partial charge < -0.3 is 0 Å². The van der Waals surface area contributed by atoms with Gasteiger partial charge in [0.05, 0.1) is 0 Å². The third-order valence-corrected chi connectivity index (χ3v) is 5.87. The van der Waals surface area contributed by atoms with Crippen molar-refractivity contribution in [2.45, 2.75) is 19.3 Å². The molecule has 1 heteroatoms. The molecule has 0 saturated heterocycles. The summed E-state index contributed by atoms with van der Waals surface area (Å²) in [7, 11) is 0. The summed E-state index contributed by atoms with van der Waals surface area (Å²) in [5.41, 5.74) is 5.91. The smallest absolute Gasteiger partial charge is 0.193 e. The van der Waals surface area contributed by atoms with Crippen LogP contribution in [0.2, 0.25) is 0 Å². The largest absolute Gasteiger partial charge is 0.289 e. The van der Waals surface area contributed by atoms with Crippen molar-refractivity contribution in [2.75, 3.05) is 0 Å². The average Bonchev–Trinajstić information content (AvgIpc) is 2.71. The molecule has 0 fully saturated rings. The van der Waals surface area contributed by atoms with Gasteiger partial charge in [0, 0.05) is 16.5 Å². The van der Waals surface area contributed by atoms with Crippen molar-refractivity contribution in [3.05, 3.63) is 107 Å². The van der Waals surface area contributed by atoms with Gasteiger partial charge in [-0.25, -0.2) is 0 Å². The Hall–Kier alpha value is -3.19. The van der Waals surface area contributed by atoms with Gasteiger partial charge in [-0.1, -0.05) is 86.6 Å². The number of carbonyl (C=O) groups is 1. The van der Waals surface area contributed by atoms with Crippen LogP contribution in [-0.2, 0) is 5.41 Å². The van der Waals surface area contributed by atoms with Crippen LogP contribution in [0.25, 0.3) is 21.9 Å². The van der Waals surface area contributed by atoms with E-state index in [-0.39, 0.29) is 11.2 Å². The number of hydrogen-bond acceptors (Lipinski definition) is 1. The van der Waals surface area contributed by atoms with Gasteiger partial charge in [0.25, 0.3) is 0 Å². The van der Waals surface area contributed by atoms with Crippen LogP contribution >= 0.6 is 0 Å². The van der Waals surface area contributed by atoms with E-state index in [4.69, 9.17) is 0 Å². The number of carbonyl (C=O) groups excluding carboxylic acids is 1. The maximum absolute atomic E-state index is 13.2. The van der Waals surface area contributed by atoms with Gasteiger partial charge in [0.1, 0.15) is 0 Å². The summed E-state index contributed by atoms with van der Waals surface area (Å²) in [6.45, 7) is 4.40. The van der Waals surface area contributed by atoms with Crippen LogP contribution in [0.4, 0.5) is 0 Å². The van der Waals surface area contributed by atoms with Gasteiger partial charge >= 0.3 is 0 Å². The summed E-state index contributed by atoms with van der Waals surface area (Å²) in [5, 5.41) is 2.44. The van der Waals surface area contributed by atoms with Crippen LogP contribution in [0, 0.1) is 0 Å². The zero-order valence-electron chi connectivity index (χ0n) is 15.5. The number of rotatable bonds is 1. The van der Waals surface area contributed by atoms with Crippen LogP contribution in [0.15, 0.2) is 84.9 Å². The van der Waals surface area contributed by atoms with Gasteiger partial charge in [-0.05, 0) is 45.2 Å². The second-order valence-electron chi connectivity index (χ2n) is 7.82. The van der Waals surface area contributed by atoms with Crippen molar-refractivity contribution in [1.29, 1.82) is 0 Å². The molecule has 1 aliphatic carbocycles. The van der Waals surface area contributed by atoms with Gasteiger partial charge in [0.15, 0.2) is 5.78 Å². The molecule has 0 spiro atoms. The molecule has 0 bridgehead atoms. The first-order valence-electron chi connectivity index (χ1n) is 9.33. The lowest BCUT2D eigenvalue weighted by Crippen LogP contribution is -2.30. The van der Waals surface area contributed by atoms with Crippen LogP contribution < -0.4 is 0 Å². The van der Waals surface area contributed by atoms with Gasteiger partial charge in [-0.15, -0.1) is 0 Å². The molecule has 0 unspecified atom stereocenters. The minimum atomic E-state index is -0.179. The normalized spacial score (nSPS) is 14.7. The zero-order valence-corrected chi connectivity index (χ0v) is 15.5. The van der Waals surface area contributed by atoms with E-state index >= 15 is 0 Å². The topological polar surface area (TPSA) is 17.1 Å². The summed E-state index contributed by atoms with van der Waals surface area (Å²) in [4.78, 5) is 13.2. The molecule has 0 heterocycles. The van der Waals surface area contributed by atoms with Crippen LogP contribution in [0.3, 0.4) is 0 Å². The first-order valence-corrected chi connectivity index (χ1v) is 9.33. The number of benzene rings is 4. The molecule has 0 N–H and O–H groups in total. The molecule has 1 nitrogen and oxygen atoms in total. The fourth-order valence-corrected chi connectivity index (χ4v) is 4.34. The van der Waals surface area contributed by atoms with Crippen LogP contribution in [0.1, 0.15) is 40.9 Å². The molecule has 5 rings (SSSR count). The van der Waals surface area contributed by atoms with Crippen molar-refractivity contribution in [3.63, 3.8) is 0 Å². The molecular formula is C26H20O. The molecule has 1 aliphatic rings. The lowest BCUT2D eigenvalue weighted by atomic mass is 9.68. The third kappa shape index (κ3) is 2.35. The first-order chi connectivity index (χ1) is 13.1. The summed E-state index contributed by atoms with van der Waals surface area (Å²) in [5.74, 6) is 0.127. The number of fused-ring (bicyclic) bond motifs is 3. The molecule has 0 amide bonds. The minimum Gasteiger partial charge on any atom is -0.289 e. The lowest BCUT2D eigenvalue weighted by molar-refractivity contribution is 0.103. The minimum absolute atomic E-state index is 0.127. The van der Waals surface area contributed by atoms with E-state index in [1.807, 2.05) is 18.2 Å². The van der Waals surface area contributed by atoms with Crippen molar-refractivity contribution < 1.29 is 4.79 Å². The highest BCUT2D eigenvalue weighted by atomic mass is 16.1. The van der Waals surface area contributed by atoms with Crippen molar-refractivity contribution in [2.24, 2.45) is 0 Å². The Kier molecular flexibility index (Phi) is 3.35. The molecule has 4 aromatic rings. The Balaban J connectivity index is 1.69. The van der Waals surface area contributed by atoms with Crippen molar-refractivity contribution in [3.8, 4) is 11.1 Å². The Bertz CT molecular complexity index is 1210. The predicted octanol–water partition coefficient (Wildman–Crippen LogP) is 6.38. The second kappa shape index (κ2) is 5.65. The Morgan fingerprint density at radius 2 is 1.22 bits per heavy atom. The molecule has 4 aromatic carbocycles. The molecule has 130 valence electrons. The maximum atomic E-state index is 13.2. The quantitative estimate of drug-likeness (QED) is 0.390. The van der Waals surface area contributed by atoms with Crippen molar-refractivity contribution >= 4 is 16.6 Å². The standard InChI is InChI=1S/C26H20O/c1-26(2)23-10-6-5-9-21(23)25(27)22-16-20(13-14-24(22)26)19-12-11-17-7-3-4-8-18(17)15-19/h3-16H,1-2H3. The summed E-state index contributed by atoms with van der Waals surface area (Å²) >= 11 is 0. The predicted molar refractivity (Wildman–Crippen MR) is 111 cm³/mol. The third-order valence-electron chi connectivity index (χ3n) is 5.87. The van der Waals surface area contributed by atoms with Gasteiger partial charge in [-0.2, -0.15) is 0 Å². The fraction of sp³-hybridized carbons (Fsp3) is 0.115. The SMILES string of the molecule is CC1(C)c2ccccc2C(=O)c2cc(-c3ccc4ccccc4c3)ccc21. The van der Waals surface area contributed by atoms with E-state index in [1.165, 1.54) is 10.8 Å². The van der Waals surface area contributed by atoms with Crippen LogP contribution in [0.5, 0.6) is 0 Å². The van der Waals surface area contributed by atoms with Crippen molar-refractivity contribution in [1.82, 2.24) is 0 Å². The Morgan fingerprint density at radius 3 is 2.07 bits per heavy atom. The summed E-state index contributed by atoms with van der Waals surface area (Å²) in [6, 6.07) is 29.2. The average molecular weight is 348 g/mol. The van der Waals surface area contributed by atoms with E-state index in [0.717, 1.165) is 33.4 Å². The van der Waals surface area contributed by atoms with Crippen LogP contribution in [-0.4, -0.2) is 5.78 Å². The lowest BCUT2D eigenvalue weighted by Gasteiger charge is -2.34. The monoisotopic (exact) mass is 348 g/mol. The highest BCUT2D eigenvalue weighted by molar-refractivity contribution is 6.13. The molecule has 0 saturated carbocycles. The second-order valence-corrected chi connectivity index (χ2v) is 7.82. The van der Waals surface area contributed by atoms with E-state index in [9.17, 15) is 4.79 Å². The molecule has 0 radical (unpaired) electrons.